The third-order valence-corrected chi connectivity index (χ3v) is 14.4. The average molecular weight is 1060 g/mol. The lowest BCUT2D eigenvalue weighted by Gasteiger charge is -2.36. The van der Waals surface area contributed by atoms with Gasteiger partial charge < -0.3 is 88.7 Å². The number of carbonyl (C=O) groups excluding carboxylic acids is 3. The number of nitrogens with zero attached hydrogens (tertiary/aromatic N) is 4. The molecule has 0 radical (unpaired) electrons. The minimum atomic E-state index is -5.94. The fraction of sp³-hybridized carbons (Fsp3) is 0.730. The third kappa shape index (κ3) is 18.9. The molecule has 2 amide bonds. The third-order valence-electron chi connectivity index (χ3n) is 10.5. The largest absolute Gasteiger partial charge is 0.790 e. The van der Waals surface area contributed by atoms with Crippen molar-refractivity contribution in [3.63, 3.8) is 0 Å². The molecular formula is C37H58N7O21P3S-4. The molecule has 2 aliphatic heterocycles. The number of fused-ring (bicyclic) bond motifs is 1. The Morgan fingerprint density at radius 3 is 2.43 bits per heavy atom. The average Bonchev–Trinajstić information content (AvgIpc) is 3.82. The molecule has 4 rings (SSSR count). The van der Waals surface area contributed by atoms with Crippen LogP contribution in [0.2, 0.25) is 0 Å². The summed E-state index contributed by atoms with van der Waals surface area (Å²) < 4.78 is 72.1. The van der Waals surface area contributed by atoms with Gasteiger partial charge in [-0.15, -0.1) is 0 Å². The monoisotopic (exact) mass is 1060 g/mol. The number of unbranched alkanes of at least 4 members (excludes halogenated alkanes) is 3. The van der Waals surface area contributed by atoms with Crippen LogP contribution in [0.15, 0.2) is 24.8 Å². The fourth-order valence-electron chi connectivity index (χ4n) is 6.72. The molecule has 69 heavy (non-hydrogen) atoms. The minimum absolute atomic E-state index is 0.0289. The number of aliphatic hydroxyl groups excluding tert-OH is 4. The molecule has 2 unspecified atom stereocenters. The summed E-state index contributed by atoms with van der Waals surface area (Å²) in [7, 11) is -17.7. The van der Waals surface area contributed by atoms with Crippen molar-refractivity contribution >= 4 is 69.1 Å². The molecule has 28 nitrogen and oxygen atoms in total. The Hall–Kier alpha value is -2.86. The summed E-state index contributed by atoms with van der Waals surface area (Å²) in [5, 5.41) is 46.0. The Kier molecular flexibility index (Phi) is 22.3. The van der Waals surface area contributed by atoms with Crippen LogP contribution in [0.5, 0.6) is 0 Å². The van der Waals surface area contributed by atoms with Crippen LogP contribution < -0.4 is 35.9 Å². The second-order valence-corrected chi connectivity index (χ2v) is 21.9. The number of allylic oxidation sites excluding steroid dienone is 1. The van der Waals surface area contributed by atoms with Crippen molar-refractivity contribution in [1.29, 1.82) is 0 Å². The molecule has 392 valence electrons. The van der Waals surface area contributed by atoms with E-state index in [1.54, 1.807) is 13.0 Å². The van der Waals surface area contributed by atoms with Gasteiger partial charge in [0.05, 0.1) is 45.7 Å². The number of carbonyl (C=O) groups is 3. The van der Waals surface area contributed by atoms with E-state index in [2.05, 4.69) is 43.5 Å². The number of nitrogens with two attached hydrogens (primary N) is 1. The SMILES string of the molecule is C[C@H](CCCCC/C=C/C(=O)SCCNC(=O)CCNC(=O)[C@H](O)C(C)(C)COP(=O)([O-])OP(=O)([O-])OC[C@H]1O[C@@H](n2cnc3c(N)ncnc32)[C@H](O)[C@@H]1OP(=O)([O-])[O-])O[C@@H]1O[C@@H](C)[C@H](O)C[C@H]1O. The standard InChI is InChI=1S/C37H62N7O21P3S/c1-21(61-36-24(46)16-23(45)22(2)62-36)10-8-6-5-7-9-11-27(48)69-15-14-39-26(47)12-13-40-34(51)31(50)37(3,4)18-60-68(57,58)65-67(55,56)59-17-25-30(64-66(52,53)54)29(49)35(63-25)44-20-43-28-32(38)41-19-42-33(28)44/h9,11,19-25,29-31,35-36,45-46,49-50H,5-8,10,12-18H2,1-4H3,(H,39,47)(H,40,51)(H,55,56)(H,57,58)(H2,38,41,42)(H2,52,53,54)/p-4/b11-9+/t21-,22+,23-,24-,25-,29-,30-,31+,35-,36-/m1/s1. The molecule has 0 bridgehead atoms. The predicted octanol–water partition coefficient (Wildman–Crippen LogP) is -2.09. The van der Waals surface area contributed by atoms with Crippen LogP contribution >= 0.6 is 35.2 Å². The quantitative estimate of drug-likeness (QED) is 0.0273. The Bertz CT molecular complexity index is 2200. The summed E-state index contributed by atoms with van der Waals surface area (Å²) >= 11 is 0.996. The van der Waals surface area contributed by atoms with Crippen LogP contribution in [0.4, 0.5) is 5.82 Å². The highest BCUT2D eigenvalue weighted by Gasteiger charge is 2.47. The number of nitrogens with one attached hydrogen (secondary N) is 2. The smallest absolute Gasteiger partial charge is 0.274 e. The van der Waals surface area contributed by atoms with Gasteiger partial charge in [-0.05, 0) is 39.2 Å². The number of aromatic nitrogens is 4. The molecule has 2 fully saturated rings. The normalized spacial score (nSPS) is 26.1. The highest BCUT2D eigenvalue weighted by molar-refractivity contribution is 8.14. The van der Waals surface area contributed by atoms with Gasteiger partial charge in [0.25, 0.3) is 15.6 Å². The molecule has 2 aromatic rings. The van der Waals surface area contributed by atoms with Crippen LogP contribution in [0.1, 0.15) is 78.9 Å². The number of rotatable bonds is 28. The van der Waals surface area contributed by atoms with E-state index in [4.69, 9.17) is 19.9 Å². The van der Waals surface area contributed by atoms with Gasteiger partial charge in [-0.25, -0.2) is 19.3 Å². The molecule has 0 saturated carbocycles. The van der Waals surface area contributed by atoms with E-state index in [9.17, 15) is 68.1 Å². The van der Waals surface area contributed by atoms with Gasteiger partial charge in [0.1, 0.15) is 42.4 Å². The number of ether oxygens (including phenoxy) is 3. The van der Waals surface area contributed by atoms with Crippen molar-refractivity contribution in [3.05, 3.63) is 24.8 Å². The van der Waals surface area contributed by atoms with E-state index in [1.165, 1.54) is 19.9 Å². The summed E-state index contributed by atoms with van der Waals surface area (Å²) in [5.74, 6) is -1.34. The number of amides is 2. The van der Waals surface area contributed by atoms with Crippen molar-refractivity contribution in [2.75, 3.05) is 37.8 Å². The van der Waals surface area contributed by atoms with Gasteiger partial charge >= 0.3 is 0 Å². The van der Waals surface area contributed by atoms with Crippen molar-refractivity contribution in [2.45, 2.75) is 134 Å². The number of imidazole rings is 1. The molecule has 2 aromatic heterocycles. The summed E-state index contributed by atoms with van der Waals surface area (Å²) in [6.45, 7) is 3.59. The number of phosphoric acid groups is 3. The molecule has 0 aliphatic carbocycles. The maximum absolute atomic E-state index is 12.6. The highest BCUT2D eigenvalue weighted by atomic mass is 32.2. The Labute approximate surface area is 400 Å². The van der Waals surface area contributed by atoms with E-state index in [0.29, 0.717) is 6.42 Å². The number of aliphatic hydroxyl groups is 4. The molecule has 0 spiro atoms. The molecule has 4 heterocycles. The molecule has 32 heteroatoms. The van der Waals surface area contributed by atoms with Crippen LogP contribution in [-0.4, -0.2) is 144 Å². The Balaban J connectivity index is 1.09. The first-order valence-electron chi connectivity index (χ1n) is 21.5. The lowest BCUT2D eigenvalue weighted by atomic mass is 9.87. The molecule has 0 aromatic carbocycles. The molecule has 8 N–H and O–H groups in total. The number of phosphoric ester groups is 3. The fourth-order valence-corrected chi connectivity index (χ4v) is 10.1. The lowest BCUT2D eigenvalue weighted by molar-refractivity contribution is -0.347. The zero-order chi connectivity index (χ0) is 51.3. The summed E-state index contributed by atoms with van der Waals surface area (Å²) in [4.78, 5) is 96.8. The van der Waals surface area contributed by atoms with Crippen LogP contribution in [0, 0.1) is 5.41 Å². The van der Waals surface area contributed by atoms with E-state index >= 15 is 0 Å². The first-order chi connectivity index (χ1) is 32.2. The number of hydrogen-bond donors (Lipinski definition) is 7. The summed E-state index contributed by atoms with van der Waals surface area (Å²) in [5.41, 5.74) is 4.04. The number of thioether (sulfide) groups is 1. The molecule has 12 atom stereocenters. The molecule has 2 aliphatic rings. The van der Waals surface area contributed by atoms with E-state index in [0.717, 1.165) is 54.7 Å². The van der Waals surface area contributed by atoms with Gasteiger partial charge in [0.2, 0.25) is 16.9 Å². The van der Waals surface area contributed by atoms with Crippen LogP contribution in [0.3, 0.4) is 0 Å². The first kappa shape index (κ1) is 58.7. The zero-order valence-corrected chi connectivity index (χ0v) is 41.4. The van der Waals surface area contributed by atoms with Crippen molar-refractivity contribution in [3.8, 4) is 0 Å². The van der Waals surface area contributed by atoms with Crippen molar-refractivity contribution in [1.82, 2.24) is 30.2 Å². The number of hydrogen-bond acceptors (Lipinski definition) is 26. The van der Waals surface area contributed by atoms with Gasteiger partial charge in [0, 0.05) is 37.1 Å². The minimum Gasteiger partial charge on any atom is -0.790 e. The lowest BCUT2D eigenvalue weighted by Crippen LogP contribution is -2.48. The molecular weight excluding hydrogens is 1000 g/mol. The molecule has 2 saturated heterocycles. The zero-order valence-electron chi connectivity index (χ0n) is 37.9. The van der Waals surface area contributed by atoms with Crippen LogP contribution in [-0.2, 0) is 60.2 Å². The summed E-state index contributed by atoms with van der Waals surface area (Å²) in [6.07, 6.45) is -3.18. The Morgan fingerprint density at radius 2 is 1.72 bits per heavy atom. The topological polar surface area (TPSA) is 434 Å². The second kappa shape index (κ2) is 26.2. The maximum Gasteiger partial charge on any atom is 0.274 e. The van der Waals surface area contributed by atoms with Gasteiger partial charge in [-0.1, -0.05) is 44.5 Å². The summed E-state index contributed by atoms with van der Waals surface area (Å²) in [6, 6.07) is 0. The van der Waals surface area contributed by atoms with E-state index in [1.807, 2.05) is 6.92 Å². The number of anilines is 1. The number of nitrogen functional groups attached to an aromatic ring is 1. The highest BCUT2D eigenvalue weighted by Crippen LogP contribution is 2.56. The van der Waals surface area contributed by atoms with Gasteiger partial charge in [-0.3, -0.25) is 28.1 Å². The van der Waals surface area contributed by atoms with Crippen LogP contribution in [0.25, 0.3) is 11.2 Å². The van der Waals surface area contributed by atoms with E-state index < -0.39 is 109 Å². The van der Waals surface area contributed by atoms with E-state index in [-0.39, 0.29) is 59.9 Å². The maximum atomic E-state index is 12.6. The Morgan fingerprint density at radius 1 is 1.01 bits per heavy atom. The van der Waals surface area contributed by atoms with Crippen molar-refractivity contribution in [2.24, 2.45) is 5.41 Å². The second-order valence-electron chi connectivity index (χ2n) is 16.7. The first-order valence-corrected chi connectivity index (χ1v) is 26.9. The van der Waals surface area contributed by atoms with Crippen molar-refractivity contribution < 1.29 is 100 Å². The van der Waals surface area contributed by atoms with Gasteiger partial charge in [0.15, 0.2) is 24.0 Å². The predicted molar refractivity (Wildman–Crippen MR) is 232 cm³/mol. The van der Waals surface area contributed by atoms with Gasteiger partial charge in [-0.2, -0.15) is 0 Å².